The highest BCUT2D eigenvalue weighted by atomic mass is 16.5. The Morgan fingerprint density at radius 2 is 2.10 bits per heavy atom. The highest BCUT2D eigenvalue weighted by Crippen LogP contribution is 2.23. The number of nitrogen functional groups attached to an aromatic ring is 1. The molecular weight excluding hydrogens is 272 g/mol. The van der Waals surface area contributed by atoms with Crippen LogP contribution in [0.2, 0.25) is 0 Å². The van der Waals surface area contributed by atoms with Gasteiger partial charge in [-0.05, 0) is 18.2 Å². The van der Waals surface area contributed by atoms with Crippen molar-refractivity contribution < 1.29 is 14.3 Å². The van der Waals surface area contributed by atoms with Gasteiger partial charge in [0.05, 0.1) is 24.5 Å². The van der Waals surface area contributed by atoms with Crippen LogP contribution in [0.4, 0.5) is 11.4 Å². The Bertz CT molecular complexity index is 505. The van der Waals surface area contributed by atoms with E-state index in [0.717, 1.165) is 0 Å². The first kappa shape index (κ1) is 16.8. The van der Waals surface area contributed by atoms with Crippen LogP contribution in [0.5, 0.6) is 0 Å². The molecule has 0 aliphatic carbocycles. The number of carbonyl (C=O) groups is 2. The molecule has 0 fully saturated rings. The van der Waals surface area contributed by atoms with Crippen LogP contribution in [0.15, 0.2) is 18.2 Å². The van der Waals surface area contributed by atoms with E-state index < -0.39 is 0 Å². The van der Waals surface area contributed by atoms with Gasteiger partial charge in [0.1, 0.15) is 0 Å². The summed E-state index contributed by atoms with van der Waals surface area (Å²) >= 11 is 0. The fourth-order valence-corrected chi connectivity index (χ4v) is 1.84. The van der Waals surface area contributed by atoms with Crippen molar-refractivity contribution >= 4 is 23.2 Å². The first-order valence-corrected chi connectivity index (χ1v) is 6.58. The number of nitrogens with one attached hydrogen (secondary N) is 2. The van der Waals surface area contributed by atoms with Gasteiger partial charge in [-0.25, -0.2) is 0 Å². The van der Waals surface area contributed by atoms with Crippen molar-refractivity contribution in [2.24, 2.45) is 0 Å². The third kappa shape index (κ3) is 4.96. The van der Waals surface area contributed by atoms with E-state index in [-0.39, 0.29) is 18.4 Å². The number of carbonyl (C=O) groups excluding carboxylic acids is 2. The maximum atomic E-state index is 11.7. The van der Waals surface area contributed by atoms with E-state index in [1.54, 1.807) is 44.3 Å². The highest BCUT2D eigenvalue weighted by molar-refractivity contribution is 5.96. The standard InChI is InChI=1S/C14H22N4O3/c1-16-14(20)10-4-5-12(11(15)8-10)18(2)9-13(19)17-6-7-21-3/h4-5,8H,6-7,9,15H2,1-3H3,(H,16,20)(H,17,19). The number of likely N-dealkylation sites (N-methyl/N-ethyl adjacent to an activating group) is 1. The topological polar surface area (TPSA) is 96.7 Å². The average molecular weight is 294 g/mol. The molecule has 7 nitrogen and oxygen atoms in total. The van der Waals surface area contributed by atoms with Crippen molar-refractivity contribution in [2.45, 2.75) is 0 Å². The lowest BCUT2D eigenvalue weighted by Gasteiger charge is -2.21. The second kappa shape index (κ2) is 8.11. The number of hydrogen-bond acceptors (Lipinski definition) is 5. The lowest BCUT2D eigenvalue weighted by molar-refractivity contribution is -0.119. The molecule has 0 spiro atoms. The Balaban J connectivity index is 2.68. The van der Waals surface area contributed by atoms with Crippen molar-refractivity contribution in [1.82, 2.24) is 10.6 Å². The van der Waals surface area contributed by atoms with E-state index in [9.17, 15) is 9.59 Å². The van der Waals surface area contributed by atoms with Crippen LogP contribution in [-0.4, -0.2) is 52.7 Å². The summed E-state index contributed by atoms with van der Waals surface area (Å²) < 4.78 is 4.86. The Morgan fingerprint density at radius 3 is 2.67 bits per heavy atom. The Labute approximate surface area is 124 Å². The molecule has 0 radical (unpaired) electrons. The van der Waals surface area contributed by atoms with Gasteiger partial charge in [0.2, 0.25) is 5.91 Å². The van der Waals surface area contributed by atoms with Crippen molar-refractivity contribution in [3.8, 4) is 0 Å². The van der Waals surface area contributed by atoms with E-state index in [1.165, 1.54) is 0 Å². The smallest absolute Gasteiger partial charge is 0.251 e. The van der Waals surface area contributed by atoms with Crippen LogP contribution in [0.3, 0.4) is 0 Å². The van der Waals surface area contributed by atoms with Gasteiger partial charge < -0.3 is 26.0 Å². The molecule has 0 aliphatic rings. The molecule has 4 N–H and O–H groups in total. The zero-order chi connectivity index (χ0) is 15.8. The summed E-state index contributed by atoms with van der Waals surface area (Å²) in [7, 11) is 4.90. The lowest BCUT2D eigenvalue weighted by Crippen LogP contribution is -2.36. The number of anilines is 2. The summed E-state index contributed by atoms with van der Waals surface area (Å²) in [5, 5.41) is 5.27. The third-order valence-corrected chi connectivity index (χ3v) is 2.94. The zero-order valence-corrected chi connectivity index (χ0v) is 12.6. The molecule has 0 aliphatic heterocycles. The minimum Gasteiger partial charge on any atom is -0.397 e. The van der Waals surface area contributed by atoms with Crippen molar-refractivity contribution in [3.63, 3.8) is 0 Å². The molecule has 1 aromatic rings. The summed E-state index contributed by atoms with van der Waals surface area (Å²) in [6.07, 6.45) is 0. The fraction of sp³-hybridized carbons (Fsp3) is 0.429. The molecule has 21 heavy (non-hydrogen) atoms. The van der Waals surface area contributed by atoms with Crippen LogP contribution >= 0.6 is 0 Å². The lowest BCUT2D eigenvalue weighted by atomic mass is 10.1. The Morgan fingerprint density at radius 1 is 1.38 bits per heavy atom. The van der Waals surface area contributed by atoms with Crippen LogP contribution in [0.1, 0.15) is 10.4 Å². The van der Waals surface area contributed by atoms with E-state index >= 15 is 0 Å². The monoisotopic (exact) mass is 294 g/mol. The number of nitrogens with zero attached hydrogens (tertiary/aromatic N) is 1. The molecule has 0 heterocycles. The molecule has 1 rings (SSSR count). The van der Waals surface area contributed by atoms with Crippen molar-refractivity contribution in [3.05, 3.63) is 23.8 Å². The average Bonchev–Trinajstić information content (AvgIpc) is 2.46. The molecule has 1 aromatic carbocycles. The van der Waals surface area contributed by atoms with Crippen LogP contribution in [-0.2, 0) is 9.53 Å². The molecule has 0 bridgehead atoms. The van der Waals surface area contributed by atoms with Gasteiger partial charge in [-0.1, -0.05) is 0 Å². The van der Waals surface area contributed by atoms with Gasteiger partial charge in [-0.2, -0.15) is 0 Å². The highest BCUT2D eigenvalue weighted by Gasteiger charge is 2.12. The number of amides is 2. The van der Waals surface area contributed by atoms with E-state index in [4.69, 9.17) is 10.5 Å². The molecule has 0 saturated carbocycles. The quantitative estimate of drug-likeness (QED) is 0.479. The molecule has 0 unspecified atom stereocenters. The molecule has 2 amide bonds. The Hall–Kier alpha value is -2.28. The summed E-state index contributed by atoms with van der Waals surface area (Å²) in [5.41, 5.74) is 7.57. The number of nitrogens with two attached hydrogens (primary N) is 1. The van der Waals surface area contributed by atoms with Gasteiger partial charge in [0.15, 0.2) is 0 Å². The number of ether oxygens (including phenoxy) is 1. The molecular formula is C14H22N4O3. The predicted molar refractivity (Wildman–Crippen MR) is 82.4 cm³/mol. The van der Waals surface area contributed by atoms with Crippen molar-refractivity contribution in [1.29, 1.82) is 0 Å². The summed E-state index contributed by atoms with van der Waals surface area (Å²) in [6, 6.07) is 4.99. The predicted octanol–water partition coefficient (Wildman–Crippen LogP) is -0.173. The number of rotatable bonds is 7. The normalized spacial score (nSPS) is 10.0. The van der Waals surface area contributed by atoms with Gasteiger partial charge >= 0.3 is 0 Å². The van der Waals surface area contributed by atoms with E-state index in [0.29, 0.717) is 30.1 Å². The third-order valence-electron chi connectivity index (χ3n) is 2.94. The minimum absolute atomic E-state index is 0.121. The molecule has 0 aromatic heterocycles. The van der Waals surface area contributed by atoms with E-state index in [2.05, 4.69) is 10.6 Å². The van der Waals surface area contributed by atoms with Crippen molar-refractivity contribution in [2.75, 3.05) is 51.5 Å². The second-order valence-electron chi connectivity index (χ2n) is 4.55. The number of benzene rings is 1. The first-order chi connectivity index (χ1) is 9.99. The van der Waals surface area contributed by atoms with Gasteiger partial charge in [-0.15, -0.1) is 0 Å². The van der Waals surface area contributed by atoms with E-state index in [1.807, 2.05) is 0 Å². The summed E-state index contributed by atoms with van der Waals surface area (Å²) in [5.74, 6) is -0.322. The molecule has 7 heteroatoms. The maximum Gasteiger partial charge on any atom is 0.251 e. The van der Waals surface area contributed by atoms with Gasteiger partial charge in [0, 0.05) is 33.3 Å². The van der Waals surface area contributed by atoms with Gasteiger partial charge in [-0.3, -0.25) is 9.59 Å². The Kier molecular flexibility index (Phi) is 6.48. The minimum atomic E-state index is -0.201. The zero-order valence-electron chi connectivity index (χ0n) is 12.6. The summed E-state index contributed by atoms with van der Waals surface area (Å²) in [4.78, 5) is 25.0. The molecule has 0 saturated heterocycles. The molecule has 116 valence electrons. The summed E-state index contributed by atoms with van der Waals surface area (Å²) in [6.45, 7) is 1.11. The van der Waals surface area contributed by atoms with Crippen LogP contribution < -0.4 is 21.3 Å². The fourth-order valence-electron chi connectivity index (χ4n) is 1.84. The first-order valence-electron chi connectivity index (χ1n) is 6.58. The maximum absolute atomic E-state index is 11.7. The number of methoxy groups -OCH3 is 1. The second-order valence-corrected chi connectivity index (χ2v) is 4.55. The van der Waals surface area contributed by atoms with Crippen LogP contribution in [0, 0.1) is 0 Å². The largest absolute Gasteiger partial charge is 0.397 e. The van der Waals surface area contributed by atoms with Crippen LogP contribution in [0.25, 0.3) is 0 Å². The molecule has 0 atom stereocenters. The van der Waals surface area contributed by atoms with Gasteiger partial charge in [0.25, 0.3) is 5.91 Å². The SMILES string of the molecule is CNC(=O)c1ccc(N(C)CC(=O)NCCOC)c(N)c1. The number of hydrogen-bond donors (Lipinski definition) is 3.